The summed E-state index contributed by atoms with van der Waals surface area (Å²) in [5, 5.41) is 0. The Morgan fingerprint density at radius 1 is 1.21 bits per heavy atom. The summed E-state index contributed by atoms with van der Waals surface area (Å²) in [5.74, 6) is 0.877. The van der Waals surface area contributed by atoms with Crippen LogP contribution in [0.5, 0.6) is 0 Å². The Hall–Kier alpha value is -3.43. The van der Waals surface area contributed by atoms with Crippen molar-refractivity contribution in [2.24, 2.45) is 4.99 Å². The molecule has 1 unspecified atom stereocenters. The number of allylic oxidation sites excluding steroid dienone is 1. The van der Waals surface area contributed by atoms with Crippen LogP contribution in [0.3, 0.4) is 0 Å². The first-order valence-electron chi connectivity index (χ1n) is 11.2. The Kier molecular flexibility index (Phi) is 6.21. The zero-order valence-corrected chi connectivity index (χ0v) is 19.8. The zero-order chi connectivity index (χ0) is 23.7. The minimum absolute atomic E-state index is 0.226. The number of nitrogens with zero attached hydrogens (tertiary/aromatic N) is 3. The summed E-state index contributed by atoms with van der Waals surface area (Å²) in [5.41, 5.74) is 1.52. The van der Waals surface area contributed by atoms with Crippen molar-refractivity contribution >= 4 is 29.3 Å². The number of hydrogen-bond acceptors (Lipinski definition) is 8. The van der Waals surface area contributed by atoms with E-state index < -0.39 is 12.0 Å². The van der Waals surface area contributed by atoms with Crippen molar-refractivity contribution in [2.45, 2.75) is 19.9 Å². The molecule has 5 rings (SSSR count). The number of rotatable bonds is 5. The lowest BCUT2D eigenvalue weighted by molar-refractivity contribution is -0.139. The summed E-state index contributed by atoms with van der Waals surface area (Å²) in [4.78, 5) is 33.7. The van der Waals surface area contributed by atoms with Gasteiger partial charge in [0, 0.05) is 25.2 Å². The fourth-order valence-corrected chi connectivity index (χ4v) is 5.27. The van der Waals surface area contributed by atoms with Gasteiger partial charge in [-0.15, -0.1) is 0 Å². The van der Waals surface area contributed by atoms with E-state index in [4.69, 9.17) is 13.9 Å². The van der Waals surface area contributed by atoms with Crippen molar-refractivity contribution in [1.29, 1.82) is 0 Å². The summed E-state index contributed by atoms with van der Waals surface area (Å²) in [6.07, 6.45) is 1.74. The Morgan fingerprint density at radius 3 is 2.71 bits per heavy atom. The van der Waals surface area contributed by atoms with Crippen molar-refractivity contribution < 1.29 is 18.7 Å². The molecule has 0 radical (unpaired) electrons. The van der Waals surface area contributed by atoms with Gasteiger partial charge in [0.25, 0.3) is 5.56 Å². The van der Waals surface area contributed by atoms with E-state index in [9.17, 15) is 9.59 Å². The number of ether oxygens (including phenoxy) is 2. The molecule has 2 aliphatic heterocycles. The van der Waals surface area contributed by atoms with Crippen LogP contribution in [0.25, 0.3) is 6.08 Å². The number of carbonyl (C=O) groups is 1. The maximum Gasteiger partial charge on any atom is 0.338 e. The summed E-state index contributed by atoms with van der Waals surface area (Å²) in [7, 11) is 0. The molecule has 176 valence electrons. The molecule has 0 amide bonds. The van der Waals surface area contributed by atoms with Crippen molar-refractivity contribution in [1.82, 2.24) is 4.57 Å². The van der Waals surface area contributed by atoms with Crippen molar-refractivity contribution in [3.8, 4) is 0 Å². The van der Waals surface area contributed by atoms with Gasteiger partial charge in [-0.2, -0.15) is 0 Å². The van der Waals surface area contributed by atoms with Gasteiger partial charge in [0.15, 0.2) is 10.7 Å². The molecule has 2 aliphatic rings. The number of hydrogen-bond donors (Lipinski definition) is 0. The molecule has 8 nitrogen and oxygen atoms in total. The molecular formula is C25H25N3O5S. The van der Waals surface area contributed by atoms with Gasteiger partial charge >= 0.3 is 5.97 Å². The lowest BCUT2D eigenvalue weighted by atomic mass is 9.96. The Morgan fingerprint density at radius 2 is 1.97 bits per heavy atom. The first kappa shape index (κ1) is 22.4. The molecule has 4 heterocycles. The van der Waals surface area contributed by atoms with Gasteiger partial charge in [0.05, 0.1) is 41.7 Å². The van der Waals surface area contributed by atoms with E-state index in [2.05, 4.69) is 9.89 Å². The molecule has 0 spiro atoms. The highest BCUT2D eigenvalue weighted by Gasteiger charge is 2.33. The Bertz CT molecular complexity index is 1410. The highest BCUT2D eigenvalue weighted by molar-refractivity contribution is 7.07. The predicted molar refractivity (Wildman–Crippen MR) is 129 cm³/mol. The molecule has 0 N–H and O–H groups in total. The van der Waals surface area contributed by atoms with Gasteiger partial charge in [-0.25, -0.2) is 9.79 Å². The van der Waals surface area contributed by atoms with E-state index in [1.54, 1.807) is 24.5 Å². The second kappa shape index (κ2) is 9.44. The molecule has 9 heteroatoms. The lowest BCUT2D eigenvalue weighted by Gasteiger charge is -2.26. The van der Waals surface area contributed by atoms with Gasteiger partial charge in [-0.3, -0.25) is 9.36 Å². The topological polar surface area (TPSA) is 86.3 Å². The molecule has 3 aromatic rings. The average molecular weight is 480 g/mol. The number of morpholine rings is 1. The molecule has 34 heavy (non-hydrogen) atoms. The maximum absolute atomic E-state index is 13.6. The third-order valence-electron chi connectivity index (χ3n) is 5.84. The third-order valence-corrected chi connectivity index (χ3v) is 6.82. The zero-order valence-electron chi connectivity index (χ0n) is 19.0. The molecule has 0 aliphatic carbocycles. The molecule has 0 bridgehead atoms. The standard InChI is InChI=1S/C25H25N3O5S/c1-3-32-24(30)21-16(2)26-25-28(22(21)17-7-5-4-6-8-17)23(29)19(34-25)15-18-9-10-20(33-18)27-11-13-31-14-12-27/h4-10,15,22H,3,11-14H2,1-2H3. The van der Waals surface area contributed by atoms with Crippen LogP contribution in [0.2, 0.25) is 0 Å². The van der Waals surface area contributed by atoms with Crippen LogP contribution >= 0.6 is 11.3 Å². The first-order valence-corrected chi connectivity index (χ1v) is 12.1. The number of esters is 1. The number of carbonyl (C=O) groups excluding carboxylic acids is 1. The summed E-state index contributed by atoms with van der Waals surface area (Å²) in [6.45, 7) is 6.64. The van der Waals surface area contributed by atoms with Crippen molar-refractivity contribution in [3.05, 3.63) is 84.7 Å². The SMILES string of the molecule is CCOC(=O)C1=C(C)N=c2sc(=Cc3ccc(N4CCOCC4)o3)c(=O)n2C1c1ccccc1. The third kappa shape index (κ3) is 4.12. The molecule has 1 atom stereocenters. The number of thiazole rings is 1. The molecular weight excluding hydrogens is 454 g/mol. The second-order valence-electron chi connectivity index (χ2n) is 7.99. The number of anilines is 1. The smallest absolute Gasteiger partial charge is 0.338 e. The van der Waals surface area contributed by atoms with Crippen LogP contribution < -0.4 is 19.8 Å². The number of furan rings is 1. The van der Waals surface area contributed by atoms with Crippen LogP contribution in [0.4, 0.5) is 5.88 Å². The first-order chi connectivity index (χ1) is 16.6. The Labute approximate surface area is 200 Å². The molecule has 1 aromatic carbocycles. The van der Waals surface area contributed by atoms with Crippen LogP contribution in [-0.4, -0.2) is 43.4 Å². The number of benzene rings is 1. The van der Waals surface area contributed by atoms with E-state index in [0.717, 1.165) is 24.5 Å². The predicted octanol–water partition coefficient (Wildman–Crippen LogP) is 2.23. The molecule has 0 saturated carbocycles. The molecule has 2 aromatic heterocycles. The lowest BCUT2D eigenvalue weighted by Crippen LogP contribution is -2.39. The van der Waals surface area contributed by atoms with E-state index in [-0.39, 0.29) is 12.2 Å². The normalized spacial score (nSPS) is 18.6. The largest absolute Gasteiger partial charge is 0.463 e. The van der Waals surface area contributed by atoms with E-state index in [0.29, 0.717) is 39.6 Å². The van der Waals surface area contributed by atoms with Gasteiger partial charge in [-0.1, -0.05) is 41.7 Å². The van der Waals surface area contributed by atoms with Gasteiger partial charge in [-0.05, 0) is 25.5 Å². The van der Waals surface area contributed by atoms with Crippen LogP contribution in [0.15, 0.2) is 67.9 Å². The van der Waals surface area contributed by atoms with Crippen LogP contribution in [-0.2, 0) is 14.3 Å². The minimum Gasteiger partial charge on any atom is -0.463 e. The second-order valence-corrected chi connectivity index (χ2v) is 9.00. The Balaban J connectivity index is 1.60. The summed E-state index contributed by atoms with van der Waals surface area (Å²) in [6, 6.07) is 12.6. The molecule has 1 saturated heterocycles. The summed E-state index contributed by atoms with van der Waals surface area (Å²) >= 11 is 1.28. The quantitative estimate of drug-likeness (QED) is 0.522. The average Bonchev–Trinajstić information content (AvgIpc) is 3.44. The monoisotopic (exact) mass is 479 g/mol. The van der Waals surface area contributed by atoms with E-state index in [1.165, 1.54) is 11.3 Å². The van der Waals surface area contributed by atoms with E-state index >= 15 is 0 Å². The minimum atomic E-state index is -0.612. The fourth-order valence-electron chi connectivity index (χ4n) is 4.24. The van der Waals surface area contributed by atoms with Gasteiger partial charge in [0.1, 0.15) is 5.76 Å². The van der Waals surface area contributed by atoms with Crippen molar-refractivity contribution in [2.75, 3.05) is 37.8 Å². The highest BCUT2D eigenvalue weighted by atomic mass is 32.1. The number of fused-ring (bicyclic) bond motifs is 1. The highest BCUT2D eigenvalue weighted by Crippen LogP contribution is 2.30. The summed E-state index contributed by atoms with van der Waals surface area (Å²) < 4.78 is 18.8. The van der Waals surface area contributed by atoms with Gasteiger partial charge < -0.3 is 18.8 Å². The molecule has 1 fully saturated rings. The maximum atomic E-state index is 13.6. The number of aromatic nitrogens is 1. The van der Waals surface area contributed by atoms with Crippen LogP contribution in [0, 0.1) is 0 Å². The van der Waals surface area contributed by atoms with E-state index in [1.807, 2.05) is 42.5 Å². The van der Waals surface area contributed by atoms with Crippen molar-refractivity contribution in [3.63, 3.8) is 0 Å². The van der Waals surface area contributed by atoms with Crippen LogP contribution in [0.1, 0.15) is 31.2 Å². The van der Waals surface area contributed by atoms with Gasteiger partial charge in [0.2, 0.25) is 0 Å². The fraction of sp³-hybridized carbons (Fsp3) is 0.320.